The Labute approximate surface area is 241 Å². The van der Waals surface area contributed by atoms with Crippen LogP contribution in [0, 0.1) is 0 Å². The molecule has 214 valence electrons. The van der Waals surface area contributed by atoms with E-state index in [1.54, 1.807) is 12.4 Å². The van der Waals surface area contributed by atoms with Gasteiger partial charge < -0.3 is 10.2 Å². The van der Waals surface area contributed by atoms with E-state index in [2.05, 4.69) is 110 Å². The molecule has 2 N–H and O–H groups in total. The maximum absolute atomic E-state index is 11.1. The number of aromatic hydroxyl groups is 2. The second kappa shape index (κ2) is 10.8. The summed E-state index contributed by atoms with van der Waals surface area (Å²) < 4.78 is 0. The summed E-state index contributed by atoms with van der Waals surface area (Å²) in [5.41, 5.74) is 5.67. The van der Waals surface area contributed by atoms with Crippen molar-refractivity contribution in [3.63, 3.8) is 0 Å². The first kappa shape index (κ1) is 31.1. The molecule has 40 heavy (non-hydrogen) atoms. The molecule has 1 heterocycles. The van der Waals surface area contributed by atoms with Gasteiger partial charge in [0.05, 0.1) is 23.8 Å². The minimum atomic E-state index is -0.229. The molecule has 1 aromatic heterocycles. The molecule has 0 spiro atoms. The highest BCUT2D eigenvalue weighted by Gasteiger charge is 2.26. The van der Waals surface area contributed by atoms with Crippen molar-refractivity contribution in [1.82, 2.24) is 4.98 Å². The van der Waals surface area contributed by atoms with Gasteiger partial charge in [-0.05, 0) is 57.1 Å². The van der Waals surface area contributed by atoms with Crippen LogP contribution in [-0.4, -0.2) is 27.6 Å². The predicted molar refractivity (Wildman–Crippen MR) is 170 cm³/mol. The SMILES string of the molecule is CC(C)(C)c1cc(N=Cc2cccc(C=Nc3cc(C(C)(C)C)cc(C(C)(C)C)c3O)n2)c(O)c(C(C)(C)C)c1. The van der Waals surface area contributed by atoms with Crippen molar-refractivity contribution in [3.8, 4) is 11.5 Å². The highest BCUT2D eigenvalue weighted by atomic mass is 16.3. The van der Waals surface area contributed by atoms with Gasteiger partial charge in [-0.3, -0.25) is 9.98 Å². The van der Waals surface area contributed by atoms with Crippen LogP contribution in [0.3, 0.4) is 0 Å². The number of hydrogen-bond donors (Lipinski definition) is 2. The average Bonchev–Trinajstić information content (AvgIpc) is 2.80. The molecule has 0 saturated carbocycles. The van der Waals surface area contributed by atoms with Gasteiger partial charge in [0, 0.05) is 11.1 Å². The van der Waals surface area contributed by atoms with Gasteiger partial charge in [-0.25, -0.2) is 4.98 Å². The van der Waals surface area contributed by atoms with E-state index in [0.717, 1.165) is 22.3 Å². The normalized spacial score (nSPS) is 13.5. The van der Waals surface area contributed by atoms with Crippen LogP contribution in [0.5, 0.6) is 11.5 Å². The summed E-state index contributed by atoms with van der Waals surface area (Å²) in [6.45, 7) is 25.5. The topological polar surface area (TPSA) is 78.1 Å². The summed E-state index contributed by atoms with van der Waals surface area (Å²) in [6.07, 6.45) is 3.33. The quantitative estimate of drug-likeness (QED) is 0.323. The van der Waals surface area contributed by atoms with Gasteiger partial charge in [0.25, 0.3) is 0 Å². The van der Waals surface area contributed by atoms with E-state index in [1.807, 2.05) is 30.3 Å². The lowest BCUT2D eigenvalue weighted by molar-refractivity contribution is 0.445. The predicted octanol–water partition coefficient (Wildman–Crippen LogP) is 9.18. The van der Waals surface area contributed by atoms with Crippen LogP contribution in [0.4, 0.5) is 11.4 Å². The Kier molecular flexibility index (Phi) is 8.41. The second-order valence-corrected chi connectivity index (χ2v) is 14.8. The third-order valence-corrected chi connectivity index (χ3v) is 6.99. The van der Waals surface area contributed by atoms with Crippen molar-refractivity contribution < 1.29 is 10.2 Å². The lowest BCUT2D eigenvalue weighted by atomic mass is 9.80. The lowest BCUT2D eigenvalue weighted by Crippen LogP contribution is -2.16. The van der Waals surface area contributed by atoms with Crippen molar-refractivity contribution in [2.24, 2.45) is 9.98 Å². The van der Waals surface area contributed by atoms with Gasteiger partial charge in [-0.1, -0.05) is 101 Å². The number of phenolic OH excluding ortho intramolecular Hbond substituents is 2. The maximum Gasteiger partial charge on any atom is 0.144 e. The largest absolute Gasteiger partial charge is 0.505 e. The smallest absolute Gasteiger partial charge is 0.144 e. The summed E-state index contributed by atoms with van der Waals surface area (Å²) in [4.78, 5) is 14.0. The molecule has 5 heteroatoms. The number of nitrogens with zero attached hydrogens (tertiary/aromatic N) is 3. The summed E-state index contributed by atoms with van der Waals surface area (Å²) in [7, 11) is 0. The highest BCUT2D eigenvalue weighted by molar-refractivity contribution is 5.85. The first-order valence-corrected chi connectivity index (χ1v) is 14.0. The molecule has 5 nitrogen and oxygen atoms in total. The fraction of sp³-hybridized carbons (Fsp3) is 0.457. The van der Waals surface area contributed by atoms with Crippen molar-refractivity contribution in [2.75, 3.05) is 0 Å². The van der Waals surface area contributed by atoms with E-state index >= 15 is 0 Å². The zero-order valence-electron chi connectivity index (χ0n) is 26.4. The molecule has 3 aromatic rings. The molecule has 3 rings (SSSR count). The number of benzene rings is 2. The number of phenols is 2. The van der Waals surface area contributed by atoms with E-state index in [0.29, 0.717) is 22.8 Å². The van der Waals surface area contributed by atoms with Gasteiger partial charge >= 0.3 is 0 Å². The number of aliphatic imine (C=N–C) groups is 2. The molecule has 0 bridgehead atoms. The highest BCUT2D eigenvalue weighted by Crippen LogP contribution is 2.42. The van der Waals surface area contributed by atoms with Gasteiger partial charge in [0.1, 0.15) is 22.9 Å². The van der Waals surface area contributed by atoms with Gasteiger partial charge in [-0.15, -0.1) is 0 Å². The monoisotopic (exact) mass is 541 g/mol. The lowest BCUT2D eigenvalue weighted by Gasteiger charge is -2.26. The Bertz CT molecular complexity index is 1330. The van der Waals surface area contributed by atoms with Crippen LogP contribution in [0.15, 0.2) is 52.4 Å². The van der Waals surface area contributed by atoms with Crippen LogP contribution in [-0.2, 0) is 21.7 Å². The summed E-state index contributed by atoms with van der Waals surface area (Å²) in [5.74, 6) is 0.386. The molecule has 0 atom stereocenters. The second-order valence-electron chi connectivity index (χ2n) is 14.8. The third kappa shape index (κ3) is 7.38. The number of pyridine rings is 1. The molecule has 0 amide bonds. The molecular formula is C35H47N3O2. The fourth-order valence-corrected chi connectivity index (χ4v) is 4.33. The minimum absolute atomic E-state index is 0.0880. The summed E-state index contributed by atoms with van der Waals surface area (Å²) in [5, 5.41) is 22.1. The Hall–Kier alpha value is -3.47. The zero-order valence-corrected chi connectivity index (χ0v) is 26.4. The summed E-state index contributed by atoms with van der Waals surface area (Å²) in [6, 6.07) is 13.7. The van der Waals surface area contributed by atoms with Gasteiger partial charge in [0.2, 0.25) is 0 Å². The van der Waals surface area contributed by atoms with E-state index in [9.17, 15) is 10.2 Å². The molecule has 2 aromatic carbocycles. The van der Waals surface area contributed by atoms with Crippen LogP contribution in [0.1, 0.15) is 117 Å². The maximum atomic E-state index is 11.1. The number of hydrogen-bond acceptors (Lipinski definition) is 5. The molecule has 0 aliphatic carbocycles. The molecular weight excluding hydrogens is 494 g/mol. The van der Waals surface area contributed by atoms with E-state index in [-0.39, 0.29) is 33.2 Å². The Morgan fingerprint density at radius 3 is 1.20 bits per heavy atom. The van der Waals surface area contributed by atoms with E-state index in [4.69, 9.17) is 0 Å². The van der Waals surface area contributed by atoms with Crippen molar-refractivity contribution in [1.29, 1.82) is 0 Å². The minimum Gasteiger partial charge on any atom is -0.505 e. The van der Waals surface area contributed by atoms with Gasteiger partial charge in [-0.2, -0.15) is 0 Å². The van der Waals surface area contributed by atoms with Crippen LogP contribution < -0.4 is 0 Å². The van der Waals surface area contributed by atoms with E-state index < -0.39 is 0 Å². The summed E-state index contributed by atoms with van der Waals surface area (Å²) >= 11 is 0. The fourth-order valence-electron chi connectivity index (χ4n) is 4.33. The molecule has 0 saturated heterocycles. The molecule has 0 aliphatic rings. The zero-order chi connectivity index (χ0) is 30.3. The molecule has 0 fully saturated rings. The first-order chi connectivity index (χ1) is 18.2. The number of rotatable bonds is 4. The van der Waals surface area contributed by atoms with E-state index in [1.165, 1.54) is 0 Å². The van der Waals surface area contributed by atoms with Crippen molar-refractivity contribution in [2.45, 2.75) is 105 Å². The Morgan fingerprint density at radius 2 is 0.900 bits per heavy atom. The number of aromatic nitrogens is 1. The molecule has 0 unspecified atom stereocenters. The van der Waals surface area contributed by atoms with Crippen LogP contribution >= 0.6 is 0 Å². The molecule has 0 radical (unpaired) electrons. The Balaban J connectivity index is 2.01. The Morgan fingerprint density at radius 1 is 0.550 bits per heavy atom. The average molecular weight is 542 g/mol. The van der Waals surface area contributed by atoms with Crippen LogP contribution in [0.2, 0.25) is 0 Å². The van der Waals surface area contributed by atoms with Crippen molar-refractivity contribution in [3.05, 3.63) is 76.1 Å². The van der Waals surface area contributed by atoms with Crippen LogP contribution in [0.25, 0.3) is 0 Å². The third-order valence-electron chi connectivity index (χ3n) is 6.99. The molecule has 0 aliphatic heterocycles. The van der Waals surface area contributed by atoms with Crippen molar-refractivity contribution >= 4 is 23.8 Å². The van der Waals surface area contributed by atoms with Gasteiger partial charge in [0.15, 0.2) is 0 Å². The first-order valence-electron chi connectivity index (χ1n) is 14.0. The standard InChI is InChI=1S/C35H47N3O2/c1-32(2,3)22-16-26(34(7,8)9)30(39)28(18-22)36-20-24-14-13-15-25(38-24)21-37-29-19-23(33(4,5)6)17-27(31(29)40)35(10,11)12/h13-21,39-40H,1-12H3.